The van der Waals surface area contributed by atoms with Crippen LogP contribution in [0.15, 0.2) is 17.6 Å². The number of nitrogens with one attached hydrogen (secondary N) is 1. The highest BCUT2D eigenvalue weighted by Gasteiger charge is 2.23. The van der Waals surface area contributed by atoms with Crippen molar-refractivity contribution in [2.45, 2.75) is 6.04 Å². The van der Waals surface area contributed by atoms with Crippen LogP contribution < -0.4 is 14.8 Å². The molecule has 1 N–H and O–H groups in total. The Balaban J connectivity index is 2.46. The Kier molecular flexibility index (Phi) is 4.57. The maximum atomic E-state index is 6.17. The average molecular weight is 300 g/mol. The highest BCUT2D eigenvalue weighted by atomic mass is 35.5. The molecule has 2 rings (SSSR count). The summed E-state index contributed by atoms with van der Waals surface area (Å²) in [4.78, 5) is 9.57. The van der Waals surface area contributed by atoms with Crippen LogP contribution in [0.3, 0.4) is 0 Å². The van der Waals surface area contributed by atoms with Crippen molar-refractivity contribution < 1.29 is 9.47 Å². The molecule has 5 nitrogen and oxygen atoms in total. The van der Waals surface area contributed by atoms with Gasteiger partial charge in [0, 0.05) is 4.88 Å². The van der Waals surface area contributed by atoms with Gasteiger partial charge in [-0.1, -0.05) is 11.6 Å². The Hall–Kier alpha value is -1.37. The molecule has 0 radical (unpaired) electrons. The molecular formula is C12H14ClN3O2S. The van der Waals surface area contributed by atoms with Crippen LogP contribution in [-0.2, 0) is 0 Å². The van der Waals surface area contributed by atoms with Gasteiger partial charge in [-0.25, -0.2) is 4.98 Å². The zero-order chi connectivity index (χ0) is 13.8. The van der Waals surface area contributed by atoms with Gasteiger partial charge in [0.15, 0.2) is 0 Å². The summed E-state index contributed by atoms with van der Waals surface area (Å²) in [5.41, 5.74) is 0.676. The smallest absolute Gasteiger partial charge is 0.240 e. The van der Waals surface area contributed by atoms with E-state index >= 15 is 0 Å². The summed E-state index contributed by atoms with van der Waals surface area (Å²) >= 11 is 7.73. The minimum atomic E-state index is -0.166. The molecule has 0 aliphatic carbocycles. The molecule has 19 heavy (non-hydrogen) atoms. The van der Waals surface area contributed by atoms with Gasteiger partial charge in [0.1, 0.15) is 5.69 Å². The standard InChI is InChI=1S/C12H14ClN3O2S/c1-14-9(11-7(13)4-5-19-11)10-12(18-3)16-8(17-2)6-15-10/h4-6,9,14H,1-3H3. The van der Waals surface area contributed by atoms with E-state index in [1.807, 2.05) is 18.5 Å². The Bertz CT molecular complexity index is 562. The molecule has 0 fully saturated rings. The number of nitrogens with zero attached hydrogens (tertiary/aromatic N) is 2. The molecule has 0 amide bonds. The van der Waals surface area contributed by atoms with E-state index in [0.29, 0.717) is 22.5 Å². The van der Waals surface area contributed by atoms with Gasteiger partial charge in [-0.3, -0.25) is 0 Å². The van der Waals surface area contributed by atoms with E-state index in [1.165, 1.54) is 7.11 Å². The first kappa shape index (κ1) is 14.0. The van der Waals surface area contributed by atoms with E-state index < -0.39 is 0 Å². The number of ether oxygens (including phenoxy) is 2. The van der Waals surface area contributed by atoms with Crippen molar-refractivity contribution >= 4 is 22.9 Å². The molecule has 2 heterocycles. The first-order valence-electron chi connectivity index (χ1n) is 5.56. The van der Waals surface area contributed by atoms with Crippen molar-refractivity contribution in [2.75, 3.05) is 21.3 Å². The second kappa shape index (κ2) is 6.18. The first-order valence-corrected chi connectivity index (χ1v) is 6.82. The van der Waals surface area contributed by atoms with E-state index in [9.17, 15) is 0 Å². The summed E-state index contributed by atoms with van der Waals surface area (Å²) in [6.45, 7) is 0. The summed E-state index contributed by atoms with van der Waals surface area (Å²) < 4.78 is 10.3. The van der Waals surface area contributed by atoms with Gasteiger partial charge in [-0.15, -0.1) is 11.3 Å². The highest BCUT2D eigenvalue weighted by Crippen LogP contribution is 2.35. The fourth-order valence-electron chi connectivity index (χ4n) is 1.72. The van der Waals surface area contributed by atoms with Crippen molar-refractivity contribution in [3.8, 4) is 11.8 Å². The maximum Gasteiger partial charge on any atom is 0.240 e. The predicted octanol–water partition coefficient (Wildman–Crippen LogP) is 2.52. The van der Waals surface area contributed by atoms with Gasteiger partial charge in [0.05, 0.1) is 31.5 Å². The van der Waals surface area contributed by atoms with Gasteiger partial charge >= 0.3 is 0 Å². The molecule has 0 saturated carbocycles. The third-order valence-electron chi connectivity index (χ3n) is 2.62. The topological polar surface area (TPSA) is 56.3 Å². The van der Waals surface area contributed by atoms with Crippen LogP contribution in [0, 0.1) is 0 Å². The van der Waals surface area contributed by atoms with Crippen LogP contribution >= 0.6 is 22.9 Å². The van der Waals surface area contributed by atoms with Gasteiger partial charge < -0.3 is 14.8 Å². The number of methoxy groups -OCH3 is 2. The van der Waals surface area contributed by atoms with E-state index in [0.717, 1.165) is 4.88 Å². The van der Waals surface area contributed by atoms with Crippen molar-refractivity contribution in [3.63, 3.8) is 0 Å². The largest absolute Gasteiger partial charge is 0.480 e. The van der Waals surface area contributed by atoms with Crippen molar-refractivity contribution in [1.29, 1.82) is 0 Å². The van der Waals surface area contributed by atoms with Crippen LogP contribution in [0.5, 0.6) is 11.8 Å². The molecular weight excluding hydrogens is 286 g/mol. The molecule has 7 heteroatoms. The lowest BCUT2D eigenvalue weighted by atomic mass is 10.1. The van der Waals surface area contributed by atoms with Gasteiger partial charge in [-0.05, 0) is 18.5 Å². The zero-order valence-corrected chi connectivity index (χ0v) is 12.4. The minimum Gasteiger partial charge on any atom is -0.480 e. The third-order valence-corrected chi connectivity index (χ3v) is 4.04. The molecule has 1 unspecified atom stereocenters. The SMILES string of the molecule is CNC(c1ncc(OC)nc1OC)c1sccc1Cl. The number of hydrogen-bond acceptors (Lipinski definition) is 6. The monoisotopic (exact) mass is 299 g/mol. The summed E-state index contributed by atoms with van der Waals surface area (Å²) in [5, 5.41) is 5.81. The average Bonchev–Trinajstić information content (AvgIpc) is 2.86. The molecule has 0 saturated heterocycles. The molecule has 0 aliphatic heterocycles. The van der Waals surface area contributed by atoms with Crippen molar-refractivity contribution in [1.82, 2.24) is 15.3 Å². The van der Waals surface area contributed by atoms with Gasteiger partial charge in [0.2, 0.25) is 11.8 Å². The Labute approximate surface area is 120 Å². The molecule has 1 atom stereocenters. The van der Waals surface area contributed by atoms with E-state index in [2.05, 4.69) is 15.3 Å². The van der Waals surface area contributed by atoms with E-state index in [4.69, 9.17) is 21.1 Å². The van der Waals surface area contributed by atoms with E-state index in [-0.39, 0.29) is 6.04 Å². The highest BCUT2D eigenvalue weighted by molar-refractivity contribution is 7.10. The first-order chi connectivity index (χ1) is 9.21. The normalized spacial score (nSPS) is 12.2. The molecule has 0 bridgehead atoms. The quantitative estimate of drug-likeness (QED) is 0.919. The number of hydrogen-bond donors (Lipinski definition) is 1. The number of aromatic nitrogens is 2. The predicted molar refractivity (Wildman–Crippen MR) is 75.4 cm³/mol. The second-order valence-corrected chi connectivity index (χ2v) is 5.02. The fraction of sp³-hybridized carbons (Fsp3) is 0.333. The van der Waals surface area contributed by atoms with Crippen LogP contribution in [0.25, 0.3) is 0 Å². The van der Waals surface area contributed by atoms with E-state index in [1.54, 1.807) is 24.6 Å². The Morgan fingerprint density at radius 1 is 1.37 bits per heavy atom. The van der Waals surface area contributed by atoms with Crippen LogP contribution in [0.1, 0.15) is 16.6 Å². The lowest BCUT2D eigenvalue weighted by molar-refractivity contribution is 0.353. The number of halogens is 1. The molecule has 0 aromatic carbocycles. The number of rotatable bonds is 5. The molecule has 0 spiro atoms. The van der Waals surface area contributed by atoms with Crippen LogP contribution in [0.4, 0.5) is 0 Å². The molecule has 2 aromatic rings. The summed E-state index contributed by atoms with van der Waals surface area (Å²) in [6, 6.07) is 1.69. The Morgan fingerprint density at radius 3 is 2.68 bits per heavy atom. The molecule has 2 aromatic heterocycles. The van der Waals surface area contributed by atoms with Crippen molar-refractivity contribution in [2.24, 2.45) is 0 Å². The Morgan fingerprint density at radius 2 is 2.16 bits per heavy atom. The number of thiophene rings is 1. The van der Waals surface area contributed by atoms with Gasteiger partial charge in [-0.2, -0.15) is 4.98 Å². The zero-order valence-electron chi connectivity index (χ0n) is 10.8. The second-order valence-electron chi connectivity index (χ2n) is 3.66. The maximum absolute atomic E-state index is 6.17. The lowest BCUT2D eigenvalue weighted by Gasteiger charge is -2.17. The molecule has 0 aliphatic rings. The van der Waals surface area contributed by atoms with Crippen LogP contribution in [0.2, 0.25) is 5.02 Å². The lowest BCUT2D eigenvalue weighted by Crippen LogP contribution is -2.19. The third kappa shape index (κ3) is 2.80. The molecule has 102 valence electrons. The minimum absolute atomic E-state index is 0.166. The summed E-state index contributed by atoms with van der Waals surface area (Å²) in [7, 11) is 4.93. The summed E-state index contributed by atoms with van der Waals surface area (Å²) in [5.74, 6) is 0.830. The fourth-order valence-corrected chi connectivity index (χ4v) is 2.99. The summed E-state index contributed by atoms with van der Waals surface area (Å²) in [6.07, 6.45) is 1.56. The van der Waals surface area contributed by atoms with Gasteiger partial charge in [0.25, 0.3) is 0 Å². The van der Waals surface area contributed by atoms with Crippen molar-refractivity contribution in [3.05, 3.63) is 33.2 Å². The van der Waals surface area contributed by atoms with Crippen LogP contribution in [-0.4, -0.2) is 31.2 Å².